The van der Waals surface area contributed by atoms with E-state index in [9.17, 15) is 9.46 Å². The Morgan fingerprint density at radius 3 is 1.54 bits per heavy atom. The monoisotopic (exact) mass is 621 g/mol. The standard InChI is InChI=1S/C29H53INO3P/c1-31(2,3)25-26-34-35(32,33)27-19-17-15-13-11-9-7-5-4-6-8-10-12-14-16-18-20-28-21-23-29(30)24-22-28/h21-24H,4-20,25-27H2,1-3H3. The molecule has 0 aliphatic carbocycles. The molecule has 0 N–H and O–H groups in total. The molecule has 204 valence electrons. The molecule has 1 aromatic rings. The summed E-state index contributed by atoms with van der Waals surface area (Å²) < 4.78 is 19.1. The predicted octanol–water partition coefficient (Wildman–Crippen LogP) is 8.35. The Balaban J connectivity index is 1.77. The molecule has 0 spiro atoms. The van der Waals surface area contributed by atoms with Gasteiger partial charge in [-0.1, -0.05) is 102 Å². The molecule has 0 fully saturated rings. The van der Waals surface area contributed by atoms with Crippen LogP contribution in [0.4, 0.5) is 0 Å². The van der Waals surface area contributed by atoms with E-state index in [1.807, 2.05) is 21.1 Å². The predicted molar refractivity (Wildman–Crippen MR) is 158 cm³/mol. The average molecular weight is 622 g/mol. The molecule has 0 aromatic heterocycles. The second kappa shape index (κ2) is 20.1. The molecule has 0 bridgehead atoms. The van der Waals surface area contributed by atoms with Crippen molar-refractivity contribution in [2.24, 2.45) is 0 Å². The molecule has 1 aromatic carbocycles. The molecule has 1 unspecified atom stereocenters. The van der Waals surface area contributed by atoms with Gasteiger partial charge >= 0.3 is 0 Å². The topological polar surface area (TPSA) is 49.4 Å². The first-order chi connectivity index (χ1) is 16.7. The van der Waals surface area contributed by atoms with Gasteiger partial charge in [-0.25, -0.2) is 0 Å². The van der Waals surface area contributed by atoms with Crippen molar-refractivity contribution in [3.63, 3.8) is 0 Å². The van der Waals surface area contributed by atoms with Crippen molar-refractivity contribution in [1.29, 1.82) is 0 Å². The molecule has 0 radical (unpaired) electrons. The third kappa shape index (κ3) is 21.8. The van der Waals surface area contributed by atoms with Crippen LogP contribution >= 0.6 is 30.2 Å². The van der Waals surface area contributed by atoms with Gasteiger partial charge in [-0.05, 0) is 59.5 Å². The summed E-state index contributed by atoms with van der Waals surface area (Å²) in [5, 5.41) is 0. The molecule has 0 aliphatic heterocycles. The van der Waals surface area contributed by atoms with E-state index in [1.54, 1.807) is 0 Å². The van der Waals surface area contributed by atoms with Crippen LogP contribution in [-0.2, 0) is 15.5 Å². The second-order valence-corrected chi connectivity index (χ2v) is 14.4. The molecule has 0 amide bonds. The molecule has 0 saturated heterocycles. The van der Waals surface area contributed by atoms with Gasteiger partial charge in [-0.3, -0.25) is 0 Å². The summed E-state index contributed by atoms with van der Waals surface area (Å²) in [6.07, 6.45) is 21.9. The van der Waals surface area contributed by atoms with Crippen molar-refractivity contribution in [2.45, 2.75) is 109 Å². The van der Waals surface area contributed by atoms with Gasteiger partial charge in [0.05, 0.1) is 21.1 Å². The van der Waals surface area contributed by atoms with Gasteiger partial charge in [0.2, 0.25) is 0 Å². The summed E-state index contributed by atoms with van der Waals surface area (Å²) in [5.41, 5.74) is 1.48. The van der Waals surface area contributed by atoms with Crippen molar-refractivity contribution in [1.82, 2.24) is 0 Å². The fraction of sp³-hybridized carbons (Fsp3) is 0.793. The molecular weight excluding hydrogens is 568 g/mol. The zero-order chi connectivity index (χ0) is 25.8. The fourth-order valence-corrected chi connectivity index (χ4v) is 5.74. The van der Waals surface area contributed by atoms with Gasteiger partial charge in [0.15, 0.2) is 0 Å². The summed E-state index contributed by atoms with van der Waals surface area (Å²) in [7, 11) is 2.47. The Morgan fingerprint density at radius 2 is 1.11 bits per heavy atom. The highest BCUT2D eigenvalue weighted by molar-refractivity contribution is 14.1. The Kier molecular flexibility index (Phi) is 19.0. The normalized spacial score (nSPS) is 13.7. The summed E-state index contributed by atoms with van der Waals surface area (Å²) in [4.78, 5) is 11.9. The van der Waals surface area contributed by atoms with E-state index >= 15 is 0 Å². The molecule has 4 nitrogen and oxygen atoms in total. The van der Waals surface area contributed by atoms with Gasteiger partial charge in [0.1, 0.15) is 20.7 Å². The van der Waals surface area contributed by atoms with Crippen LogP contribution in [0.2, 0.25) is 0 Å². The van der Waals surface area contributed by atoms with Gasteiger partial charge in [0.25, 0.3) is 0 Å². The number of benzene rings is 1. The molecule has 6 heteroatoms. The Bertz CT molecular complexity index is 675. The fourth-order valence-electron chi connectivity index (χ4n) is 4.28. The number of hydrogen-bond donors (Lipinski definition) is 0. The summed E-state index contributed by atoms with van der Waals surface area (Å²) in [5.74, 6) is 0. The summed E-state index contributed by atoms with van der Waals surface area (Å²) in [6, 6.07) is 8.95. The summed E-state index contributed by atoms with van der Waals surface area (Å²) >= 11 is 2.37. The number of likely N-dealkylation sites (N-methyl/N-ethyl adjacent to an activating group) is 1. The number of hydrogen-bond acceptors (Lipinski definition) is 3. The van der Waals surface area contributed by atoms with E-state index in [0.29, 0.717) is 13.2 Å². The molecular formula is C29H53INO3P. The molecule has 0 heterocycles. The number of aryl methyl sites for hydroxylation is 1. The Hall–Kier alpha value is 0.0600. The van der Waals surface area contributed by atoms with Gasteiger partial charge in [-0.2, -0.15) is 0 Å². The zero-order valence-corrected chi connectivity index (χ0v) is 26.0. The quantitative estimate of drug-likeness (QED) is 0.0534. The first-order valence-electron chi connectivity index (χ1n) is 14.2. The number of rotatable bonds is 23. The Morgan fingerprint density at radius 1 is 0.714 bits per heavy atom. The van der Waals surface area contributed by atoms with Crippen LogP contribution in [0.25, 0.3) is 0 Å². The SMILES string of the molecule is C[N+](C)(C)CCOP(=O)([O-])CCCCCCCCCCCCCCCCCCc1ccc(I)cc1. The maximum absolute atomic E-state index is 11.9. The van der Waals surface area contributed by atoms with E-state index in [0.717, 1.165) is 23.7 Å². The number of nitrogens with zero attached hydrogens (tertiary/aromatic N) is 1. The van der Waals surface area contributed by atoms with Crippen molar-refractivity contribution in [3.8, 4) is 0 Å². The lowest BCUT2D eigenvalue weighted by molar-refractivity contribution is -0.870. The molecule has 1 atom stereocenters. The highest BCUT2D eigenvalue weighted by atomic mass is 127. The van der Waals surface area contributed by atoms with Crippen LogP contribution in [0.3, 0.4) is 0 Å². The zero-order valence-electron chi connectivity index (χ0n) is 22.9. The lowest BCUT2D eigenvalue weighted by Crippen LogP contribution is -2.37. The van der Waals surface area contributed by atoms with Crippen LogP contribution in [0.5, 0.6) is 0 Å². The highest BCUT2D eigenvalue weighted by Crippen LogP contribution is 2.38. The number of unbranched alkanes of at least 4 members (excludes halogenated alkanes) is 15. The van der Waals surface area contributed by atoms with Crippen molar-refractivity contribution in [2.75, 3.05) is 40.5 Å². The van der Waals surface area contributed by atoms with Crippen molar-refractivity contribution >= 4 is 30.2 Å². The third-order valence-corrected chi connectivity index (χ3v) is 8.77. The minimum absolute atomic E-state index is 0.192. The third-order valence-electron chi connectivity index (χ3n) is 6.61. The lowest BCUT2D eigenvalue weighted by atomic mass is 10.0. The van der Waals surface area contributed by atoms with Crippen molar-refractivity contribution < 1.29 is 18.5 Å². The number of quaternary nitrogens is 1. The molecule has 1 rings (SSSR count). The smallest absolute Gasteiger partial charge is 0.135 e. The van der Waals surface area contributed by atoms with E-state index in [4.69, 9.17) is 4.52 Å². The minimum atomic E-state index is -3.64. The minimum Gasteiger partial charge on any atom is -0.778 e. The van der Waals surface area contributed by atoms with E-state index in [2.05, 4.69) is 46.9 Å². The average Bonchev–Trinajstić information content (AvgIpc) is 2.78. The van der Waals surface area contributed by atoms with Crippen LogP contribution in [0, 0.1) is 3.57 Å². The maximum atomic E-state index is 11.9. The molecule has 0 aliphatic rings. The van der Waals surface area contributed by atoms with E-state index in [-0.39, 0.29) is 6.16 Å². The first-order valence-corrected chi connectivity index (χ1v) is 17.0. The highest BCUT2D eigenvalue weighted by Gasteiger charge is 2.12. The van der Waals surface area contributed by atoms with Crippen LogP contribution in [-0.4, -0.2) is 44.9 Å². The van der Waals surface area contributed by atoms with E-state index in [1.165, 1.54) is 99.0 Å². The molecule has 35 heavy (non-hydrogen) atoms. The summed E-state index contributed by atoms with van der Waals surface area (Å²) in [6.45, 7) is 1.00. The largest absolute Gasteiger partial charge is 0.778 e. The van der Waals surface area contributed by atoms with Crippen molar-refractivity contribution in [3.05, 3.63) is 33.4 Å². The van der Waals surface area contributed by atoms with Gasteiger partial charge in [-0.15, -0.1) is 0 Å². The Labute approximate surface area is 230 Å². The van der Waals surface area contributed by atoms with Gasteiger partial charge in [0, 0.05) is 9.73 Å². The van der Waals surface area contributed by atoms with Crippen LogP contribution < -0.4 is 4.89 Å². The second-order valence-electron chi connectivity index (χ2n) is 11.2. The van der Waals surface area contributed by atoms with E-state index < -0.39 is 7.60 Å². The van der Waals surface area contributed by atoms with Crippen LogP contribution in [0.15, 0.2) is 24.3 Å². The lowest BCUT2D eigenvalue weighted by Gasteiger charge is -2.27. The maximum Gasteiger partial charge on any atom is 0.135 e. The number of halogens is 1. The first kappa shape index (κ1) is 33.1. The van der Waals surface area contributed by atoms with Gasteiger partial charge < -0.3 is 18.5 Å². The van der Waals surface area contributed by atoms with Crippen LogP contribution in [0.1, 0.15) is 108 Å². The molecule has 0 saturated carbocycles.